The van der Waals surface area contributed by atoms with E-state index in [1.165, 1.54) is 7.11 Å². The highest BCUT2D eigenvalue weighted by Gasteiger charge is 2.06. The molecule has 2 aromatic rings. The standard InChI is InChI=1S/C15H10BrNO3/c1-19-13-4-10(8-17)5-14(6-13)20-12-3-2-11(9-18)15(16)7-12/h2-7,9H,1H3. The maximum absolute atomic E-state index is 10.7. The maximum atomic E-state index is 10.7. The fraction of sp³-hybridized carbons (Fsp3) is 0.0667. The van der Waals surface area contributed by atoms with Crippen molar-refractivity contribution in [3.8, 4) is 23.3 Å². The van der Waals surface area contributed by atoms with Gasteiger partial charge in [-0.1, -0.05) is 0 Å². The fourth-order valence-corrected chi connectivity index (χ4v) is 2.07. The molecule has 0 radical (unpaired) electrons. The van der Waals surface area contributed by atoms with Gasteiger partial charge >= 0.3 is 0 Å². The van der Waals surface area contributed by atoms with Crippen LogP contribution in [0.2, 0.25) is 0 Å². The summed E-state index contributed by atoms with van der Waals surface area (Å²) in [6, 6.07) is 12.0. The van der Waals surface area contributed by atoms with Crippen molar-refractivity contribution < 1.29 is 14.3 Å². The molecule has 0 amide bonds. The summed E-state index contributed by atoms with van der Waals surface area (Å²) >= 11 is 3.29. The first-order chi connectivity index (χ1) is 9.66. The third-order valence-electron chi connectivity index (χ3n) is 2.58. The van der Waals surface area contributed by atoms with Crippen molar-refractivity contribution in [2.45, 2.75) is 0 Å². The Hall–Kier alpha value is -2.32. The van der Waals surface area contributed by atoms with Gasteiger partial charge in [0, 0.05) is 16.1 Å². The van der Waals surface area contributed by atoms with E-state index < -0.39 is 0 Å². The van der Waals surface area contributed by atoms with E-state index in [9.17, 15) is 4.79 Å². The summed E-state index contributed by atoms with van der Waals surface area (Å²) in [4.78, 5) is 10.7. The zero-order valence-corrected chi connectivity index (χ0v) is 12.2. The molecule has 100 valence electrons. The third kappa shape index (κ3) is 3.16. The van der Waals surface area contributed by atoms with Gasteiger partial charge in [-0.25, -0.2) is 0 Å². The highest BCUT2D eigenvalue weighted by atomic mass is 79.9. The van der Waals surface area contributed by atoms with Gasteiger partial charge in [0.05, 0.1) is 18.7 Å². The molecule has 0 heterocycles. The Labute approximate surface area is 124 Å². The molecule has 20 heavy (non-hydrogen) atoms. The van der Waals surface area contributed by atoms with Gasteiger partial charge in [0.25, 0.3) is 0 Å². The largest absolute Gasteiger partial charge is 0.497 e. The molecule has 2 aromatic carbocycles. The number of benzene rings is 2. The van der Waals surface area contributed by atoms with E-state index in [0.717, 1.165) is 6.29 Å². The van der Waals surface area contributed by atoms with Gasteiger partial charge in [0.15, 0.2) is 6.29 Å². The molecule has 0 atom stereocenters. The van der Waals surface area contributed by atoms with Crippen LogP contribution >= 0.6 is 15.9 Å². The SMILES string of the molecule is COc1cc(C#N)cc(Oc2ccc(C=O)c(Br)c2)c1. The van der Waals surface area contributed by atoms with E-state index in [0.29, 0.717) is 32.8 Å². The van der Waals surface area contributed by atoms with E-state index in [2.05, 4.69) is 15.9 Å². The molecule has 0 unspecified atom stereocenters. The quantitative estimate of drug-likeness (QED) is 0.796. The molecule has 2 rings (SSSR count). The maximum Gasteiger partial charge on any atom is 0.151 e. The number of ether oxygens (including phenoxy) is 2. The van der Waals surface area contributed by atoms with Crippen LogP contribution in [-0.2, 0) is 0 Å². The Bertz CT molecular complexity index is 692. The lowest BCUT2D eigenvalue weighted by Crippen LogP contribution is -1.90. The molecule has 0 aliphatic heterocycles. The molecule has 0 saturated heterocycles. The van der Waals surface area contributed by atoms with E-state index >= 15 is 0 Å². The van der Waals surface area contributed by atoms with Gasteiger partial charge in [-0.2, -0.15) is 5.26 Å². The Morgan fingerprint density at radius 3 is 2.50 bits per heavy atom. The molecule has 0 spiro atoms. The second kappa shape index (κ2) is 6.22. The van der Waals surface area contributed by atoms with Crippen LogP contribution in [0.3, 0.4) is 0 Å². The van der Waals surface area contributed by atoms with Crippen molar-refractivity contribution in [3.63, 3.8) is 0 Å². The van der Waals surface area contributed by atoms with E-state index in [1.54, 1.807) is 36.4 Å². The number of halogens is 1. The first kappa shape index (κ1) is 14.1. The number of nitrogens with zero attached hydrogens (tertiary/aromatic N) is 1. The number of aldehydes is 1. The Morgan fingerprint density at radius 1 is 1.15 bits per heavy atom. The summed E-state index contributed by atoms with van der Waals surface area (Å²) in [5, 5.41) is 8.95. The van der Waals surface area contributed by atoms with Crippen LogP contribution in [0.5, 0.6) is 17.2 Å². The molecule has 0 aliphatic carbocycles. The monoisotopic (exact) mass is 331 g/mol. The minimum absolute atomic E-state index is 0.447. The number of carbonyl (C=O) groups excluding carboxylic acids is 1. The van der Waals surface area contributed by atoms with Crippen LogP contribution in [0.15, 0.2) is 40.9 Å². The number of carbonyl (C=O) groups is 1. The molecule has 0 bridgehead atoms. The average molecular weight is 332 g/mol. The van der Waals surface area contributed by atoms with Crippen molar-refractivity contribution in [2.75, 3.05) is 7.11 Å². The summed E-state index contributed by atoms with van der Waals surface area (Å²) in [6.45, 7) is 0. The van der Waals surface area contributed by atoms with E-state index in [1.807, 2.05) is 6.07 Å². The Kier molecular flexibility index (Phi) is 4.38. The van der Waals surface area contributed by atoms with Crippen LogP contribution in [0.25, 0.3) is 0 Å². The van der Waals surface area contributed by atoms with Gasteiger partial charge < -0.3 is 9.47 Å². The molecule has 0 aromatic heterocycles. The predicted molar refractivity (Wildman–Crippen MR) is 77.3 cm³/mol. The number of rotatable bonds is 4. The summed E-state index contributed by atoms with van der Waals surface area (Å²) in [5.74, 6) is 1.59. The van der Waals surface area contributed by atoms with Crippen LogP contribution in [-0.4, -0.2) is 13.4 Å². The second-order valence-corrected chi connectivity index (χ2v) is 4.77. The van der Waals surface area contributed by atoms with Gasteiger partial charge in [-0.3, -0.25) is 4.79 Å². The second-order valence-electron chi connectivity index (χ2n) is 3.91. The lowest BCUT2D eigenvalue weighted by molar-refractivity contribution is 0.112. The topological polar surface area (TPSA) is 59.3 Å². The predicted octanol–water partition coefficient (Wildman–Crippen LogP) is 3.93. The molecule has 5 heteroatoms. The summed E-state index contributed by atoms with van der Waals surface area (Å²) in [6.07, 6.45) is 0.757. The number of hydrogen-bond donors (Lipinski definition) is 0. The minimum Gasteiger partial charge on any atom is -0.497 e. The summed E-state index contributed by atoms with van der Waals surface area (Å²) in [5.41, 5.74) is 0.989. The van der Waals surface area contributed by atoms with Gasteiger partial charge in [0.2, 0.25) is 0 Å². The lowest BCUT2D eigenvalue weighted by Gasteiger charge is -2.09. The minimum atomic E-state index is 0.447. The van der Waals surface area contributed by atoms with Crippen molar-refractivity contribution in [1.29, 1.82) is 5.26 Å². The lowest BCUT2D eigenvalue weighted by atomic mass is 10.2. The summed E-state index contributed by atoms with van der Waals surface area (Å²) < 4.78 is 11.4. The van der Waals surface area contributed by atoms with E-state index in [-0.39, 0.29) is 0 Å². The number of nitriles is 1. The van der Waals surface area contributed by atoms with E-state index in [4.69, 9.17) is 14.7 Å². The molecule has 4 nitrogen and oxygen atoms in total. The van der Waals surface area contributed by atoms with Crippen LogP contribution in [0.4, 0.5) is 0 Å². The normalized spacial score (nSPS) is 9.65. The fourth-order valence-electron chi connectivity index (χ4n) is 1.62. The third-order valence-corrected chi connectivity index (χ3v) is 3.27. The smallest absolute Gasteiger partial charge is 0.151 e. The Morgan fingerprint density at radius 2 is 1.90 bits per heavy atom. The number of methoxy groups -OCH3 is 1. The Balaban J connectivity index is 2.32. The van der Waals surface area contributed by atoms with Gasteiger partial charge in [-0.05, 0) is 46.3 Å². The molecule has 0 saturated carbocycles. The van der Waals surface area contributed by atoms with Crippen molar-refractivity contribution in [2.24, 2.45) is 0 Å². The van der Waals surface area contributed by atoms with Crippen molar-refractivity contribution >= 4 is 22.2 Å². The van der Waals surface area contributed by atoms with Crippen molar-refractivity contribution in [3.05, 3.63) is 52.0 Å². The number of hydrogen-bond acceptors (Lipinski definition) is 4. The average Bonchev–Trinajstić information content (AvgIpc) is 2.47. The summed E-state index contributed by atoms with van der Waals surface area (Å²) in [7, 11) is 1.52. The first-order valence-electron chi connectivity index (χ1n) is 5.68. The zero-order valence-electron chi connectivity index (χ0n) is 10.6. The molecular weight excluding hydrogens is 322 g/mol. The highest BCUT2D eigenvalue weighted by molar-refractivity contribution is 9.10. The molecule has 0 N–H and O–H groups in total. The van der Waals surface area contributed by atoms with Gasteiger partial charge in [0.1, 0.15) is 17.2 Å². The highest BCUT2D eigenvalue weighted by Crippen LogP contribution is 2.29. The molecular formula is C15H10BrNO3. The molecule has 0 fully saturated rings. The van der Waals surface area contributed by atoms with Gasteiger partial charge in [-0.15, -0.1) is 0 Å². The zero-order chi connectivity index (χ0) is 14.5. The van der Waals surface area contributed by atoms with Crippen LogP contribution in [0, 0.1) is 11.3 Å². The van der Waals surface area contributed by atoms with Crippen LogP contribution in [0.1, 0.15) is 15.9 Å². The molecule has 0 aliphatic rings. The first-order valence-corrected chi connectivity index (χ1v) is 6.47. The van der Waals surface area contributed by atoms with Crippen molar-refractivity contribution in [1.82, 2.24) is 0 Å². The van der Waals surface area contributed by atoms with Crippen LogP contribution < -0.4 is 9.47 Å².